The smallest absolute Gasteiger partial charge is 0.0674 e. The lowest BCUT2D eigenvalue weighted by Gasteiger charge is -2.42. The van der Waals surface area contributed by atoms with Gasteiger partial charge in [-0.1, -0.05) is 13.8 Å². The molecule has 1 rings (SSSR count). The van der Waals surface area contributed by atoms with Crippen molar-refractivity contribution in [1.29, 1.82) is 0 Å². The van der Waals surface area contributed by atoms with Gasteiger partial charge >= 0.3 is 0 Å². The van der Waals surface area contributed by atoms with Crippen LogP contribution in [0.2, 0.25) is 0 Å². The summed E-state index contributed by atoms with van der Waals surface area (Å²) >= 11 is 0. The average molecular weight is 214 g/mol. The molecule has 1 heterocycles. The molecule has 3 heteroatoms. The third-order valence-electron chi connectivity index (χ3n) is 3.58. The van der Waals surface area contributed by atoms with Gasteiger partial charge in [-0.25, -0.2) is 0 Å². The van der Waals surface area contributed by atoms with Gasteiger partial charge in [-0.3, -0.25) is 4.90 Å². The fourth-order valence-electron chi connectivity index (χ4n) is 1.86. The molecule has 3 atom stereocenters. The van der Waals surface area contributed by atoms with Crippen molar-refractivity contribution in [3.05, 3.63) is 0 Å². The van der Waals surface area contributed by atoms with Crippen LogP contribution in [0, 0.1) is 5.41 Å². The minimum Gasteiger partial charge on any atom is -0.376 e. The molecule has 0 aliphatic carbocycles. The number of morpholine rings is 1. The van der Waals surface area contributed by atoms with Crippen molar-refractivity contribution in [1.82, 2.24) is 4.90 Å². The second-order valence-electron chi connectivity index (χ2n) is 5.70. The van der Waals surface area contributed by atoms with Crippen LogP contribution in [0.3, 0.4) is 0 Å². The molecule has 1 aliphatic rings. The molecular weight excluding hydrogens is 188 g/mol. The largest absolute Gasteiger partial charge is 0.376 e. The quantitative estimate of drug-likeness (QED) is 0.773. The van der Waals surface area contributed by atoms with E-state index in [2.05, 4.69) is 39.5 Å². The molecule has 15 heavy (non-hydrogen) atoms. The predicted octanol–water partition coefficient (Wildman–Crippen LogP) is 1.47. The first kappa shape index (κ1) is 12.9. The van der Waals surface area contributed by atoms with Gasteiger partial charge in [0.25, 0.3) is 0 Å². The van der Waals surface area contributed by atoms with Crippen molar-refractivity contribution in [3.8, 4) is 0 Å². The Morgan fingerprint density at radius 2 is 2.07 bits per heavy atom. The van der Waals surface area contributed by atoms with Crippen molar-refractivity contribution in [2.24, 2.45) is 11.1 Å². The summed E-state index contributed by atoms with van der Waals surface area (Å²) in [4.78, 5) is 2.50. The molecule has 0 radical (unpaired) electrons. The maximum absolute atomic E-state index is 6.01. The van der Waals surface area contributed by atoms with Crippen molar-refractivity contribution >= 4 is 0 Å². The monoisotopic (exact) mass is 214 g/mol. The maximum Gasteiger partial charge on any atom is 0.0674 e. The van der Waals surface area contributed by atoms with Crippen molar-refractivity contribution in [2.75, 3.05) is 19.7 Å². The standard InChI is InChI=1S/C12H26N2O/c1-9-7-15-10(2)6-14(9)8-12(4,5)11(3)13/h9-11H,6-8,13H2,1-5H3. The molecule has 2 N–H and O–H groups in total. The van der Waals surface area contributed by atoms with Gasteiger partial charge in [0.05, 0.1) is 12.7 Å². The van der Waals surface area contributed by atoms with Gasteiger partial charge in [-0.2, -0.15) is 0 Å². The molecule has 0 aromatic carbocycles. The van der Waals surface area contributed by atoms with Gasteiger partial charge in [0, 0.05) is 25.2 Å². The van der Waals surface area contributed by atoms with Crippen LogP contribution in [-0.4, -0.2) is 42.8 Å². The molecule has 0 aromatic rings. The van der Waals surface area contributed by atoms with E-state index in [1.807, 2.05) is 0 Å². The van der Waals surface area contributed by atoms with E-state index in [-0.39, 0.29) is 11.5 Å². The second-order valence-corrected chi connectivity index (χ2v) is 5.70. The highest BCUT2D eigenvalue weighted by molar-refractivity contribution is 4.85. The number of hydrogen-bond donors (Lipinski definition) is 1. The normalized spacial score (nSPS) is 31.6. The lowest BCUT2D eigenvalue weighted by Crippen LogP contribution is -2.53. The van der Waals surface area contributed by atoms with Crippen LogP contribution in [0.4, 0.5) is 0 Å². The Labute approximate surface area is 94.0 Å². The molecule has 1 fully saturated rings. The molecular formula is C12H26N2O. The van der Waals surface area contributed by atoms with E-state index < -0.39 is 0 Å². The summed E-state index contributed by atoms with van der Waals surface area (Å²) in [5.74, 6) is 0. The fraction of sp³-hybridized carbons (Fsp3) is 1.00. The molecule has 0 spiro atoms. The summed E-state index contributed by atoms with van der Waals surface area (Å²) in [7, 11) is 0. The van der Waals surface area contributed by atoms with Crippen molar-refractivity contribution in [3.63, 3.8) is 0 Å². The van der Waals surface area contributed by atoms with Gasteiger partial charge in [-0.15, -0.1) is 0 Å². The van der Waals surface area contributed by atoms with E-state index >= 15 is 0 Å². The Hall–Kier alpha value is -0.120. The second kappa shape index (κ2) is 4.81. The third kappa shape index (κ3) is 3.44. The predicted molar refractivity (Wildman–Crippen MR) is 63.9 cm³/mol. The van der Waals surface area contributed by atoms with Crippen LogP contribution >= 0.6 is 0 Å². The van der Waals surface area contributed by atoms with E-state index in [0.29, 0.717) is 12.1 Å². The summed E-state index contributed by atoms with van der Waals surface area (Å²) < 4.78 is 5.62. The van der Waals surface area contributed by atoms with Crippen LogP contribution in [-0.2, 0) is 4.74 Å². The van der Waals surface area contributed by atoms with Gasteiger partial charge < -0.3 is 10.5 Å². The molecule has 90 valence electrons. The number of nitrogens with zero attached hydrogens (tertiary/aromatic N) is 1. The average Bonchev–Trinajstić information content (AvgIpc) is 2.10. The third-order valence-corrected chi connectivity index (χ3v) is 3.58. The van der Waals surface area contributed by atoms with E-state index in [1.165, 1.54) is 0 Å². The first-order valence-corrected chi connectivity index (χ1v) is 5.94. The number of ether oxygens (including phenoxy) is 1. The minimum absolute atomic E-state index is 0.172. The molecule has 0 bridgehead atoms. The molecule has 1 aliphatic heterocycles. The van der Waals surface area contributed by atoms with Gasteiger partial charge in [0.15, 0.2) is 0 Å². The Morgan fingerprint density at radius 1 is 1.47 bits per heavy atom. The van der Waals surface area contributed by atoms with Crippen molar-refractivity contribution < 1.29 is 4.74 Å². The Balaban J connectivity index is 2.55. The summed E-state index contributed by atoms with van der Waals surface area (Å²) in [6.45, 7) is 13.9. The molecule has 0 aromatic heterocycles. The van der Waals surface area contributed by atoms with Crippen LogP contribution in [0.1, 0.15) is 34.6 Å². The summed E-state index contributed by atoms with van der Waals surface area (Å²) in [6.07, 6.45) is 0.352. The van der Waals surface area contributed by atoms with Crippen LogP contribution in [0.25, 0.3) is 0 Å². The Kier molecular flexibility index (Phi) is 4.15. The first-order chi connectivity index (χ1) is 6.83. The van der Waals surface area contributed by atoms with Gasteiger partial charge in [0.2, 0.25) is 0 Å². The van der Waals surface area contributed by atoms with Gasteiger partial charge in [-0.05, 0) is 26.2 Å². The highest BCUT2D eigenvalue weighted by atomic mass is 16.5. The topological polar surface area (TPSA) is 38.5 Å². The van der Waals surface area contributed by atoms with Crippen LogP contribution in [0.5, 0.6) is 0 Å². The van der Waals surface area contributed by atoms with Crippen molar-refractivity contribution in [2.45, 2.75) is 52.8 Å². The number of hydrogen-bond acceptors (Lipinski definition) is 3. The maximum atomic E-state index is 6.01. The Bertz CT molecular complexity index is 204. The lowest BCUT2D eigenvalue weighted by molar-refractivity contribution is -0.0617. The fourth-order valence-corrected chi connectivity index (χ4v) is 1.86. The highest BCUT2D eigenvalue weighted by Gasteiger charge is 2.31. The van der Waals surface area contributed by atoms with E-state index in [0.717, 1.165) is 19.7 Å². The van der Waals surface area contributed by atoms with E-state index in [1.54, 1.807) is 0 Å². The number of rotatable bonds is 3. The Morgan fingerprint density at radius 3 is 2.60 bits per heavy atom. The van der Waals surface area contributed by atoms with Gasteiger partial charge in [0.1, 0.15) is 0 Å². The van der Waals surface area contributed by atoms with E-state index in [4.69, 9.17) is 10.5 Å². The van der Waals surface area contributed by atoms with E-state index in [9.17, 15) is 0 Å². The van der Waals surface area contributed by atoms with Crippen LogP contribution in [0.15, 0.2) is 0 Å². The molecule has 3 nitrogen and oxygen atoms in total. The molecule has 3 unspecified atom stereocenters. The highest BCUT2D eigenvalue weighted by Crippen LogP contribution is 2.23. The molecule has 0 amide bonds. The molecule has 0 saturated carbocycles. The summed E-state index contributed by atoms with van der Waals surface area (Å²) in [6, 6.07) is 0.738. The SMILES string of the molecule is CC1CN(CC(C)(C)C(C)N)C(C)CO1. The van der Waals surface area contributed by atoms with Crippen LogP contribution < -0.4 is 5.73 Å². The molecule has 1 saturated heterocycles. The first-order valence-electron chi connectivity index (χ1n) is 5.94. The summed E-state index contributed by atoms with van der Waals surface area (Å²) in [5, 5.41) is 0. The lowest BCUT2D eigenvalue weighted by atomic mass is 9.85. The summed E-state index contributed by atoms with van der Waals surface area (Å²) in [5.41, 5.74) is 6.18. The zero-order valence-corrected chi connectivity index (χ0v) is 10.8. The minimum atomic E-state index is 0.172. The zero-order valence-electron chi connectivity index (χ0n) is 10.8. The number of nitrogens with two attached hydrogens (primary N) is 1. The zero-order chi connectivity index (χ0) is 11.6.